The van der Waals surface area contributed by atoms with Crippen LogP contribution in [0.3, 0.4) is 0 Å². The third-order valence-corrected chi connectivity index (χ3v) is 3.97. The molecule has 0 bridgehead atoms. The van der Waals surface area contributed by atoms with Crippen molar-refractivity contribution in [3.63, 3.8) is 0 Å². The summed E-state index contributed by atoms with van der Waals surface area (Å²) in [6, 6.07) is 14.7. The molecule has 0 fully saturated rings. The van der Waals surface area contributed by atoms with Gasteiger partial charge in [0.25, 0.3) is 5.91 Å². The first-order chi connectivity index (χ1) is 11.6. The Labute approximate surface area is 141 Å². The fourth-order valence-corrected chi connectivity index (χ4v) is 2.92. The van der Waals surface area contributed by atoms with Crippen molar-refractivity contribution < 1.29 is 14.3 Å². The summed E-state index contributed by atoms with van der Waals surface area (Å²) in [4.78, 5) is 25.7. The summed E-state index contributed by atoms with van der Waals surface area (Å²) in [5.41, 5.74) is 2.78. The molecule has 0 saturated carbocycles. The van der Waals surface area contributed by atoms with E-state index in [2.05, 4.69) is 5.32 Å². The van der Waals surface area contributed by atoms with Gasteiger partial charge in [-0.1, -0.05) is 30.3 Å². The second kappa shape index (κ2) is 6.74. The highest BCUT2D eigenvalue weighted by Gasteiger charge is 2.37. The SMILES string of the molecule is CC(=O)N[C@@H]1C(=O)N(CCOc2cccc(C)c2)c2ccccc21. The number of nitrogens with one attached hydrogen (secondary N) is 1. The Morgan fingerprint density at radius 3 is 2.75 bits per heavy atom. The van der Waals surface area contributed by atoms with Crippen molar-refractivity contribution in [2.45, 2.75) is 19.9 Å². The van der Waals surface area contributed by atoms with Crippen LogP contribution in [0, 0.1) is 6.92 Å². The number of ether oxygens (including phenoxy) is 1. The maximum Gasteiger partial charge on any atom is 0.254 e. The van der Waals surface area contributed by atoms with Crippen LogP contribution >= 0.6 is 0 Å². The average Bonchev–Trinajstić information content (AvgIpc) is 2.80. The molecule has 5 nitrogen and oxygen atoms in total. The number of nitrogens with zero attached hydrogens (tertiary/aromatic N) is 1. The number of hydrogen-bond donors (Lipinski definition) is 1. The molecule has 2 amide bonds. The number of benzene rings is 2. The van der Waals surface area contributed by atoms with Crippen LogP contribution in [-0.4, -0.2) is 25.0 Å². The van der Waals surface area contributed by atoms with Crippen LogP contribution in [0.25, 0.3) is 0 Å². The topological polar surface area (TPSA) is 58.6 Å². The zero-order valence-electron chi connectivity index (χ0n) is 13.8. The van der Waals surface area contributed by atoms with Crippen LogP contribution in [0.2, 0.25) is 0 Å². The van der Waals surface area contributed by atoms with Gasteiger partial charge in [-0.05, 0) is 30.7 Å². The van der Waals surface area contributed by atoms with E-state index in [1.165, 1.54) is 6.92 Å². The molecule has 1 heterocycles. The van der Waals surface area contributed by atoms with Crippen LogP contribution in [0.4, 0.5) is 5.69 Å². The molecule has 0 radical (unpaired) electrons. The molecule has 3 rings (SSSR count). The molecule has 5 heteroatoms. The molecule has 0 unspecified atom stereocenters. The maximum atomic E-state index is 12.7. The lowest BCUT2D eigenvalue weighted by molar-refractivity contribution is -0.126. The monoisotopic (exact) mass is 324 g/mol. The van der Waals surface area contributed by atoms with Gasteiger partial charge in [0.15, 0.2) is 0 Å². The Morgan fingerprint density at radius 2 is 2.00 bits per heavy atom. The Balaban J connectivity index is 1.71. The van der Waals surface area contributed by atoms with Crippen molar-refractivity contribution in [1.29, 1.82) is 0 Å². The van der Waals surface area contributed by atoms with Gasteiger partial charge in [-0.3, -0.25) is 9.59 Å². The molecular weight excluding hydrogens is 304 g/mol. The van der Waals surface area contributed by atoms with Gasteiger partial charge in [0, 0.05) is 18.2 Å². The Kier molecular flexibility index (Phi) is 4.51. The Bertz CT molecular complexity index is 773. The van der Waals surface area contributed by atoms with E-state index < -0.39 is 6.04 Å². The van der Waals surface area contributed by atoms with Crippen LogP contribution in [0.1, 0.15) is 24.1 Å². The lowest BCUT2D eigenvalue weighted by atomic mass is 10.1. The van der Waals surface area contributed by atoms with Gasteiger partial charge in [0.1, 0.15) is 18.4 Å². The normalized spacial score (nSPS) is 16.0. The quantitative estimate of drug-likeness (QED) is 0.920. The summed E-state index contributed by atoms with van der Waals surface area (Å²) in [5.74, 6) is 0.439. The Morgan fingerprint density at radius 1 is 1.21 bits per heavy atom. The highest BCUT2D eigenvalue weighted by molar-refractivity contribution is 6.06. The second-order valence-electron chi connectivity index (χ2n) is 5.85. The van der Waals surface area contributed by atoms with Crippen LogP contribution < -0.4 is 15.0 Å². The second-order valence-corrected chi connectivity index (χ2v) is 5.85. The number of rotatable bonds is 5. The first kappa shape index (κ1) is 16.1. The van der Waals surface area contributed by atoms with E-state index in [0.717, 1.165) is 22.6 Å². The molecule has 124 valence electrons. The highest BCUT2D eigenvalue weighted by Crippen LogP contribution is 2.35. The molecule has 24 heavy (non-hydrogen) atoms. The van der Waals surface area contributed by atoms with Gasteiger partial charge in [-0.25, -0.2) is 0 Å². The van der Waals surface area contributed by atoms with E-state index in [0.29, 0.717) is 13.2 Å². The number of fused-ring (bicyclic) bond motifs is 1. The Hall–Kier alpha value is -2.82. The zero-order valence-corrected chi connectivity index (χ0v) is 13.8. The molecule has 1 N–H and O–H groups in total. The lowest BCUT2D eigenvalue weighted by Gasteiger charge is -2.18. The van der Waals surface area contributed by atoms with Crippen molar-refractivity contribution in [1.82, 2.24) is 5.32 Å². The predicted octanol–water partition coefficient (Wildman–Crippen LogP) is 2.60. The van der Waals surface area contributed by atoms with Crippen LogP contribution in [-0.2, 0) is 9.59 Å². The molecular formula is C19H20N2O3. The fraction of sp³-hybridized carbons (Fsp3) is 0.263. The van der Waals surface area contributed by atoms with Crippen molar-refractivity contribution in [3.8, 4) is 5.75 Å². The molecule has 0 spiro atoms. The van der Waals surface area contributed by atoms with Crippen molar-refractivity contribution in [3.05, 3.63) is 59.7 Å². The molecule has 0 aromatic heterocycles. The van der Waals surface area contributed by atoms with Gasteiger partial charge in [0.2, 0.25) is 5.91 Å². The van der Waals surface area contributed by atoms with Crippen molar-refractivity contribution in [2.75, 3.05) is 18.1 Å². The predicted molar refractivity (Wildman–Crippen MR) is 92.0 cm³/mol. The largest absolute Gasteiger partial charge is 0.492 e. The maximum absolute atomic E-state index is 12.7. The standard InChI is InChI=1S/C19H20N2O3/c1-13-6-5-7-15(12-13)24-11-10-21-17-9-4-3-8-16(17)18(19(21)23)20-14(2)22/h3-9,12,18H,10-11H2,1-2H3,(H,20,22)/t18-/m0/s1. The summed E-state index contributed by atoms with van der Waals surface area (Å²) < 4.78 is 5.75. The number of carbonyl (C=O) groups excluding carboxylic acids is 2. The minimum Gasteiger partial charge on any atom is -0.492 e. The summed E-state index contributed by atoms with van der Waals surface area (Å²) in [6.07, 6.45) is 0. The number of amides is 2. The van der Waals surface area contributed by atoms with Gasteiger partial charge < -0.3 is 15.0 Å². The molecule has 1 atom stereocenters. The van der Waals surface area contributed by atoms with Crippen LogP contribution in [0.5, 0.6) is 5.75 Å². The third kappa shape index (κ3) is 3.25. The van der Waals surface area contributed by atoms with Gasteiger partial charge >= 0.3 is 0 Å². The average molecular weight is 324 g/mol. The fourth-order valence-electron chi connectivity index (χ4n) is 2.92. The first-order valence-corrected chi connectivity index (χ1v) is 7.93. The van der Waals surface area contributed by atoms with Gasteiger partial charge in [-0.2, -0.15) is 0 Å². The molecule has 0 saturated heterocycles. The first-order valence-electron chi connectivity index (χ1n) is 7.93. The summed E-state index contributed by atoms with van der Waals surface area (Å²) in [7, 11) is 0. The van der Waals surface area contributed by atoms with E-state index >= 15 is 0 Å². The van der Waals surface area contributed by atoms with E-state index in [1.54, 1.807) is 4.90 Å². The minimum absolute atomic E-state index is 0.126. The van der Waals surface area contributed by atoms with E-state index in [9.17, 15) is 9.59 Å². The number of hydrogen-bond acceptors (Lipinski definition) is 3. The number of para-hydroxylation sites is 1. The number of carbonyl (C=O) groups is 2. The van der Waals surface area contributed by atoms with E-state index in [1.807, 2.05) is 55.5 Å². The highest BCUT2D eigenvalue weighted by atomic mass is 16.5. The van der Waals surface area contributed by atoms with Gasteiger partial charge in [-0.15, -0.1) is 0 Å². The number of aryl methyl sites for hydroxylation is 1. The lowest BCUT2D eigenvalue weighted by Crippen LogP contribution is -2.38. The van der Waals surface area contributed by atoms with E-state index in [-0.39, 0.29) is 11.8 Å². The van der Waals surface area contributed by atoms with Crippen molar-refractivity contribution >= 4 is 17.5 Å². The third-order valence-electron chi connectivity index (χ3n) is 3.97. The van der Waals surface area contributed by atoms with E-state index in [4.69, 9.17) is 4.74 Å². The molecule has 2 aromatic carbocycles. The van der Waals surface area contributed by atoms with Crippen molar-refractivity contribution in [2.24, 2.45) is 0 Å². The summed E-state index contributed by atoms with van der Waals surface area (Å²) in [5, 5.41) is 2.72. The summed E-state index contributed by atoms with van der Waals surface area (Å²) >= 11 is 0. The van der Waals surface area contributed by atoms with Gasteiger partial charge in [0.05, 0.1) is 6.54 Å². The molecule has 2 aromatic rings. The smallest absolute Gasteiger partial charge is 0.254 e. The van der Waals surface area contributed by atoms with Crippen LogP contribution in [0.15, 0.2) is 48.5 Å². The zero-order chi connectivity index (χ0) is 17.1. The molecule has 1 aliphatic heterocycles. The number of anilines is 1. The minimum atomic E-state index is -0.613. The summed E-state index contributed by atoms with van der Waals surface area (Å²) in [6.45, 7) is 4.24. The molecule has 0 aliphatic carbocycles. The molecule has 1 aliphatic rings.